The molecular weight excluding hydrogens is 478 g/mol. The van der Waals surface area contributed by atoms with Gasteiger partial charge < -0.3 is 14.8 Å². The molecule has 2 aromatic carbocycles. The topological polar surface area (TPSA) is 122 Å². The van der Waals surface area contributed by atoms with Gasteiger partial charge in [0, 0.05) is 24.5 Å². The van der Waals surface area contributed by atoms with Gasteiger partial charge in [0.15, 0.2) is 0 Å². The van der Waals surface area contributed by atoms with E-state index in [1.165, 1.54) is 40.1 Å². The molecule has 190 valence electrons. The fourth-order valence-corrected chi connectivity index (χ4v) is 5.32. The number of rotatable bonds is 6. The van der Waals surface area contributed by atoms with E-state index in [4.69, 9.17) is 9.47 Å². The molecular formula is C27H25N3O7. The Labute approximate surface area is 212 Å². The highest BCUT2D eigenvalue weighted by Gasteiger charge is 2.39. The molecule has 2 saturated heterocycles. The van der Waals surface area contributed by atoms with Gasteiger partial charge in [-0.05, 0) is 62.1 Å². The van der Waals surface area contributed by atoms with Gasteiger partial charge in [0.2, 0.25) is 0 Å². The zero-order valence-corrected chi connectivity index (χ0v) is 20.0. The van der Waals surface area contributed by atoms with Crippen LogP contribution in [0.1, 0.15) is 77.5 Å². The molecule has 0 spiro atoms. The van der Waals surface area contributed by atoms with Crippen LogP contribution < -0.4 is 5.32 Å². The molecule has 0 radical (unpaired) electrons. The third-order valence-electron chi connectivity index (χ3n) is 7.28. The number of carbonyl (C=O) groups excluding carboxylic acids is 5. The van der Waals surface area contributed by atoms with Crippen LogP contribution in [0.4, 0.5) is 5.69 Å². The first kappa shape index (κ1) is 23.5. The van der Waals surface area contributed by atoms with Crippen LogP contribution in [0, 0.1) is 0 Å². The van der Waals surface area contributed by atoms with Gasteiger partial charge in [-0.3, -0.25) is 33.8 Å². The maximum absolute atomic E-state index is 13.0. The van der Waals surface area contributed by atoms with Gasteiger partial charge in [0.05, 0.1) is 47.6 Å². The Balaban J connectivity index is 1.17. The second kappa shape index (κ2) is 9.20. The minimum atomic E-state index is -0.506. The molecule has 10 heteroatoms. The van der Waals surface area contributed by atoms with E-state index in [9.17, 15) is 24.0 Å². The average molecular weight is 504 g/mol. The second-order valence-corrected chi connectivity index (χ2v) is 9.69. The zero-order chi connectivity index (χ0) is 25.7. The lowest BCUT2D eigenvalue weighted by Crippen LogP contribution is -2.36. The number of hydrogen-bond acceptors (Lipinski definition) is 7. The molecule has 37 heavy (non-hydrogen) atoms. The zero-order valence-electron chi connectivity index (χ0n) is 20.0. The molecule has 2 atom stereocenters. The molecule has 4 heterocycles. The third-order valence-corrected chi connectivity index (χ3v) is 7.28. The number of nitrogens with zero attached hydrogens (tertiary/aromatic N) is 2. The molecule has 4 aliphatic rings. The van der Waals surface area contributed by atoms with Gasteiger partial charge in [-0.2, -0.15) is 0 Å². The first-order valence-electron chi connectivity index (χ1n) is 12.5. The number of imide groups is 2. The summed E-state index contributed by atoms with van der Waals surface area (Å²) in [5.41, 5.74) is 1.48. The Morgan fingerprint density at radius 1 is 0.730 bits per heavy atom. The second-order valence-electron chi connectivity index (χ2n) is 9.69. The maximum Gasteiger partial charge on any atom is 0.261 e. The van der Waals surface area contributed by atoms with Crippen LogP contribution in [0.2, 0.25) is 0 Å². The van der Waals surface area contributed by atoms with Crippen LogP contribution in [-0.2, 0) is 9.47 Å². The molecule has 10 nitrogen and oxygen atoms in total. The summed E-state index contributed by atoms with van der Waals surface area (Å²) in [6, 6.07) is 8.94. The number of ether oxygens (including phenoxy) is 2. The molecule has 0 aromatic heterocycles. The van der Waals surface area contributed by atoms with Crippen molar-refractivity contribution in [2.75, 3.05) is 31.6 Å². The van der Waals surface area contributed by atoms with E-state index in [2.05, 4.69) is 5.32 Å². The average Bonchev–Trinajstić information content (AvgIpc) is 3.69. The molecule has 4 aliphatic heterocycles. The summed E-state index contributed by atoms with van der Waals surface area (Å²) in [5.74, 6) is -2.13. The van der Waals surface area contributed by atoms with Crippen LogP contribution in [0.5, 0.6) is 0 Å². The van der Waals surface area contributed by atoms with Crippen molar-refractivity contribution in [2.45, 2.75) is 37.9 Å². The molecule has 2 aromatic rings. The van der Waals surface area contributed by atoms with E-state index >= 15 is 0 Å². The lowest BCUT2D eigenvalue weighted by atomic mass is 10.0. The van der Waals surface area contributed by atoms with Crippen LogP contribution >= 0.6 is 0 Å². The van der Waals surface area contributed by atoms with Crippen LogP contribution in [0.3, 0.4) is 0 Å². The number of fused-ring (bicyclic) bond motifs is 2. The van der Waals surface area contributed by atoms with E-state index in [-0.39, 0.29) is 59.0 Å². The molecule has 2 fully saturated rings. The van der Waals surface area contributed by atoms with Gasteiger partial charge >= 0.3 is 0 Å². The number of carbonyl (C=O) groups is 5. The summed E-state index contributed by atoms with van der Waals surface area (Å²) in [6.07, 6.45) is 3.07. The number of benzene rings is 2. The molecule has 0 saturated carbocycles. The van der Waals surface area contributed by atoms with Crippen molar-refractivity contribution in [3.05, 3.63) is 64.2 Å². The van der Waals surface area contributed by atoms with Crippen molar-refractivity contribution in [1.82, 2.24) is 9.80 Å². The van der Waals surface area contributed by atoms with E-state index in [1.807, 2.05) is 0 Å². The molecule has 2 unspecified atom stereocenters. The van der Waals surface area contributed by atoms with Crippen molar-refractivity contribution in [3.8, 4) is 0 Å². The molecule has 6 rings (SSSR count). The number of hydrogen-bond donors (Lipinski definition) is 1. The Kier molecular flexibility index (Phi) is 5.85. The first-order chi connectivity index (χ1) is 17.9. The molecule has 0 bridgehead atoms. The monoisotopic (exact) mass is 503 g/mol. The van der Waals surface area contributed by atoms with Crippen LogP contribution in [0.15, 0.2) is 36.4 Å². The summed E-state index contributed by atoms with van der Waals surface area (Å²) in [5, 5.41) is 2.72. The highest BCUT2D eigenvalue weighted by Crippen LogP contribution is 2.29. The lowest BCUT2D eigenvalue weighted by Gasteiger charge is -2.17. The molecule has 1 N–H and O–H groups in total. The summed E-state index contributed by atoms with van der Waals surface area (Å²) in [4.78, 5) is 66.7. The number of anilines is 1. The molecule has 0 aliphatic carbocycles. The van der Waals surface area contributed by atoms with Gasteiger partial charge in [-0.15, -0.1) is 0 Å². The van der Waals surface area contributed by atoms with E-state index in [0.29, 0.717) is 18.9 Å². The largest absolute Gasteiger partial charge is 0.376 e. The highest BCUT2D eigenvalue weighted by atomic mass is 16.5. The van der Waals surface area contributed by atoms with Gasteiger partial charge in [-0.25, -0.2) is 0 Å². The Morgan fingerprint density at radius 2 is 1.24 bits per heavy atom. The summed E-state index contributed by atoms with van der Waals surface area (Å²) in [7, 11) is 0. The van der Waals surface area contributed by atoms with Crippen molar-refractivity contribution < 1.29 is 33.4 Å². The Bertz CT molecular complexity index is 1340. The van der Waals surface area contributed by atoms with E-state index in [0.717, 1.165) is 25.7 Å². The normalized spacial score (nSPS) is 22.7. The van der Waals surface area contributed by atoms with Crippen molar-refractivity contribution in [1.29, 1.82) is 0 Å². The molecule has 5 amide bonds. The van der Waals surface area contributed by atoms with Gasteiger partial charge in [0.25, 0.3) is 29.5 Å². The number of nitrogens with one attached hydrogen (secondary N) is 1. The van der Waals surface area contributed by atoms with Crippen molar-refractivity contribution >= 4 is 35.2 Å². The fraction of sp³-hybridized carbons (Fsp3) is 0.370. The van der Waals surface area contributed by atoms with Gasteiger partial charge in [-0.1, -0.05) is 0 Å². The summed E-state index contributed by atoms with van der Waals surface area (Å²) >= 11 is 0. The van der Waals surface area contributed by atoms with Crippen LogP contribution in [0.25, 0.3) is 0 Å². The van der Waals surface area contributed by atoms with E-state index < -0.39 is 23.6 Å². The summed E-state index contributed by atoms with van der Waals surface area (Å²) in [6.45, 7) is 1.65. The quantitative estimate of drug-likeness (QED) is 0.601. The lowest BCUT2D eigenvalue weighted by molar-refractivity contribution is 0.0468. The minimum absolute atomic E-state index is 0.155. The van der Waals surface area contributed by atoms with Crippen molar-refractivity contribution in [2.24, 2.45) is 0 Å². The fourth-order valence-electron chi connectivity index (χ4n) is 5.32. The van der Waals surface area contributed by atoms with E-state index in [1.54, 1.807) is 6.07 Å². The van der Waals surface area contributed by atoms with Crippen LogP contribution in [-0.4, -0.2) is 77.8 Å². The summed E-state index contributed by atoms with van der Waals surface area (Å²) < 4.78 is 11.1. The smallest absolute Gasteiger partial charge is 0.261 e. The number of amides is 5. The third kappa shape index (κ3) is 4.11. The minimum Gasteiger partial charge on any atom is -0.376 e. The Hall–Kier alpha value is -3.89. The highest BCUT2D eigenvalue weighted by molar-refractivity contribution is 6.23. The van der Waals surface area contributed by atoms with Crippen molar-refractivity contribution in [3.63, 3.8) is 0 Å². The maximum atomic E-state index is 13.0. The SMILES string of the molecule is O=C(Nc1ccc2c(c1)C(=O)N(CC1CCCO1)C2=O)c1ccc2c(c1)C(=O)N(CC1CCCO1)C2=O. The predicted molar refractivity (Wildman–Crippen MR) is 130 cm³/mol. The predicted octanol–water partition coefficient (Wildman–Crippen LogP) is 2.49. The Morgan fingerprint density at radius 3 is 1.78 bits per heavy atom. The van der Waals surface area contributed by atoms with Gasteiger partial charge in [0.1, 0.15) is 0 Å². The first-order valence-corrected chi connectivity index (χ1v) is 12.5. The standard InChI is InChI=1S/C27H25N3O7/c31-23(15-5-7-19-21(11-15)26(34)29(24(19)32)13-17-3-1-9-36-17)28-16-6-8-20-22(12-16)27(35)30(25(20)33)14-18-4-2-10-37-18/h5-8,11-12,17-18H,1-4,9-10,13-14H2,(H,28,31).